The molecule has 3 heterocycles. The van der Waals surface area contributed by atoms with Crippen molar-refractivity contribution in [3.05, 3.63) is 16.9 Å². The monoisotopic (exact) mass is 403 g/mol. The number of nitrogens with zero attached hydrogens (tertiary/aromatic N) is 4. The molecule has 0 radical (unpaired) electrons. The van der Waals surface area contributed by atoms with Crippen LogP contribution in [0, 0.1) is 0 Å². The fraction of sp³-hybridized carbons (Fsp3) is 0.632. The van der Waals surface area contributed by atoms with Gasteiger partial charge in [0.1, 0.15) is 10.7 Å². The first-order valence-corrected chi connectivity index (χ1v) is 10.9. The molecule has 28 heavy (non-hydrogen) atoms. The lowest BCUT2D eigenvalue weighted by atomic mass is 10.1. The summed E-state index contributed by atoms with van der Waals surface area (Å²) in [4.78, 5) is 19.7. The highest BCUT2D eigenvalue weighted by Crippen LogP contribution is 2.38. The van der Waals surface area contributed by atoms with Gasteiger partial charge in [0.25, 0.3) is 5.91 Å². The highest BCUT2D eigenvalue weighted by atomic mass is 32.1. The number of aromatic nitrogens is 3. The molecule has 2 aliphatic rings. The molecule has 1 saturated heterocycles. The number of aryl methyl sites for hydroxylation is 1. The molecule has 1 amide bonds. The minimum absolute atomic E-state index is 0.236. The van der Waals surface area contributed by atoms with Crippen LogP contribution in [-0.2, 0) is 7.05 Å². The molecule has 2 aromatic rings. The normalized spacial score (nSPS) is 21.1. The highest BCUT2D eigenvalue weighted by Gasteiger charge is 2.26. The third-order valence-electron chi connectivity index (χ3n) is 5.82. The van der Waals surface area contributed by atoms with Crippen LogP contribution in [-0.4, -0.2) is 39.8 Å². The van der Waals surface area contributed by atoms with Crippen molar-refractivity contribution in [3.8, 4) is 0 Å². The van der Waals surface area contributed by atoms with Crippen molar-refractivity contribution in [3.63, 3.8) is 0 Å². The van der Waals surface area contributed by atoms with E-state index in [1.54, 1.807) is 10.9 Å². The number of nitrogens with two attached hydrogens (primary N) is 2. The summed E-state index contributed by atoms with van der Waals surface area (Å²) < 4.78 is 1.81. The topological polar surface area (TPSA) is 115 Å². The number of amides is 1. The maximum Gasteiger partial charge on any atom is 0.277 e. The summed E-state index contributed by atoms with van der Waals surface area (Å²) in [5, 5.41) is 8.83. The van der Waals surface area contributed by atoms with Gasteiger partial charge in [-0.2, -0.15) is 5.10 Å². The lowest BCUT2D eigenvalue weighted by Crippen LogP contribution is -2.29. The van der Waals surface area contributed by atoms with Crippen LogP contribution >= 0.6 is 11.3 Å². The molecule has 1 aliphatic carbocycles. The molecule has 4 rings (SSSR count). The second-order valence-corrected chi connectivity index (χ2v) is 8.95. The van der Waals surface area contributed by atoms with E-state index >= 15 is 0 Å². The number of rotatable bonds is 4. The SMILES string of the molecule is Cn1ncc(NC(=O)c2nc(C3CCCC3)sc2N)c1N1CCC[C@@H](N)CC1. The summed E-state index contributed by atoms with van der Waals surface area (Å²) in [6, 6.07) is 0.236. The Hall–Kier alpha value is -2.13. The zero-order chi connectivity index (χ0) is 19.7. The van der Waals surface area contributed by atoms with Crippen LogP contribution in [0.5, 0.6) is 0 Å². The fourth-order valence-electron chi connectivity index (χ4n) is 4.27. The van der Waals surface area contributed by atoms with Crippen molar-refractivity contribution in [1.29, 1.82) is 0 Å². The summed E-state index contributed by atoms with van der Waals surface area (Å²) in [6.45, 7) is 1.76. The number of thiazole rings is 1. The second-order valence-electron chi connectivity index (χ2n) is 7.88. The summed E-state index contributed by atoms with van der Waals surface area (Å²) >= 11 is 1.45. The first-order chi connectivity index (χ1) is 13.5. The van der Waals surface area contributed by atoms with Crippen molar-refractivity contribution >= 4 is 33.8 Å². The Morgan fingerprint density at radius 2 is 2.00 bits per heavy atom. The largest absolute Gasteiger partial charge is 0.389 e. The van der Waals surface area contributed by atoms with Gasteiger partial charge >= 0.3 is 0 Å². The van der Waals surface area contributed by atoms with Gasteiger partial charge in [-0.05, 0) is 32.1 Å². The molecular weight excluding hydrogens is 374 g/mol. The molecule has 2 fully saturated rings. The Balaban J connectivity index is 1.52. The van der Waals surface area contributed by atoms with E-state index < -0.39 is 0 Å². The Morgan fingerprint density at radius 1 is 1.21 bits per heavy atom. The van der Waals surface area contributed by atoms with Crippen LogP contribution in [0.25, 0.3) is 0 Å². The summed E-state index contributed by atoms with van der Waals surface area (Å²) in [5.41, 5.74) is 13.3. The van der Waals surface area contributed by atoms with Crippen LogP contribution in [0.15, 0.2) is 6.20 Å². The summed E-state index contributed by atoms with van der Waals surface area (Å²) in [7, 11) is 1.89. The van der Waals surface area contributed by atoms with Crippen molar-refractivity contribution in [2.24, 2.45) is 12.8 Å². The molecular formula is C19H29N7OS. The quantitative estimate of drug-likeness (QED) is 0.723. The number of nitrogens with one attached hydrogen (secondary N) is 1. The molecule has 5 N–H and O–H groups in total. The van der Waals surface area contributed by atoms with Crippen LogP contribution in [0.2, 0.25) is 0 Å². The Kier molecular flexibility index (Phi) is 5.54. The van der Waals surface area contributed by atoms with Gasteiger partial charge in [0, 0.05) is 32.1 Å². The van der Waals surface area contributed by atoms with Gasteiger partial charge in [-0.25, -0.2) is 4.98 Å². The molecule has 1 saturated carbocycles. The third kappa shape index (κ3) is 3.86. The number of anilines is 3. The zero-order valence-corrected chi connectivity index (χ0v) is 17.2. The van der Waals surface area contributed by atoms with Crippen molar-refractivity contribution in [1.82, 2.24) is 14.8 Å². The van der Waals surface area contributed by atoms with Gasteiger partial charge in [0.2, 0.25) is 0 Å². The van der Waals surface area contributed by atoms with Crippen molar-refractivity contribution in [2.45, 2.75) is 56.9 Å². The molecule has 0 aromatic carbocycles. The second kappa shape index (κ2) is 8.08. The van der Waals surface area contributed by atoms with Gasteiger partial charge in [-0.15, -0.1) is 11.3 Å². The van der Waals surface area contributed by atoms with Crippen LogP contribution < -0.4 is 21.7 Å². The first kappa shape index (κ1) is 19.2. The Bertz CT molecular complexity index is 839. The van der Waals surface area contributed by atoms with Crippen molar-refractivity contribution in [2.75, 3.05) is 29.0 Å². The van der Waals surface area contributed by atoms with E-state index in [-0.39, 0.29) is 11.9 Å². The number of nitrogen functional groups attached to an aromatic ring is 1. The molecule has 0 bridgehead atoms. The van der Waals surface area contributed by atoms with Gasteiger partial charge in [0.05, 0.1) is 11.2 Å². The zero-order valence-electron chi connectivity index (χ0n) is 16.4. The van der Waals surface area contributed by atoms with E-state index in [0.717, 1.165) is 56.0 Å². The van der Waals surface area contributed by atoms with Gasteiger partial charge in [0.15, 0.2) is 11.5 Å². The summed E-state index contributed by atoms with van der Waals surface area (Å²) in [6.07, 6.45) is 9.41. The summed E-state index contributed by atoms with van der Waals surface area (Å²) in [5.74, 6) is 1.09. The van der Waals surface area contributed by atoms with Gasteiger partial charge in [-0.3, -0.25) is 9.48 Å². The van der Waals surface area contributed by atoms with E-state index in [2.05, 4.69) is 20.3 Å². The lowest BCUT2D eigenvalue weighted by molar-refractivity contribution is 0.102. The third-order valence-corrected chi connectivity index (χ3v) is 6.86. The maximum atomic E-state index is 12.9. The molecule has 1 atom stereocenters. The molecule has 1 aliphatic heterocycles. The standard InChI is InChI=1S/C19H29N7OS/c1-25-19(26-9-4-7-13(20)8-10-26)14(11-22-25)23-17(27)15-16(21)28-18(24-15)12-5-2-3-6-12/h11-13H,2-10,20-21H2,1H3,(H,23,27)/t13-/m1/s1. The molecule has 0 spiro atoms. The molecule has 152 valence electrons. The molecule has 2 aromatic heterocycles. The van der Waals surface area contributed by atoms with Crippen LogP contribution in [0.3, 0.4) is 0 Å². The average Bonchev–Trinajstić information content (AvgIpc) is 3.36. The number of carbonyl (C=O) groups is 1. The number of carbonyl (C=O) groups excluding carboxylic acids is 1. The van der Waals surface area contributed by atoms with Crippen LogP contribution in [0.1, 0.15) is 66.4 Å². The molecule has 8 nitrogen and oxygen atoms in total. The predicted octanol–water partition coefficient (Wildman–Crippen LogP) is 2.69. The van der Waals surface area contributed by atoms with Gasteiger partial charge in [-0.1, -0.05) is 12.8 Å². The minimum atomic E-state index is -0.265. The highest BCUT2D eigenvalue weighted by molar-refractivity contribution is 7.16. The van der Waals surface area contributed by atoms with Gasteiger partial charge < -0.3 is 21.7 Å². The van der Waals surface area contributed by atoms with E-state index in [1.165, 1.54) is 24.2 Å². The average molecular weight is 404 g/mol. The van der Waals surface area contributed by atoms with E-state index in [9.17, 15) is 4.79 Å². The molecule has 0 unspecified atom stereocenters. The van der Waals surface area contributed by atoms with Crippen molar-refractivity contribution < 1.29 is 4.79 Å². The lowest BCUT2D eigenvalue weighted by Gasteiger charge is -2.24. The molecule has 9 heteroatoms. The first-order valence-electron chi connectivity index (χ1n) is 10.1. The minimum Gasteiger partial charge on any atom is -0.389 e. The smallest absolute Gasteiger partial charge is 0.277 e. The van der Waals surface area contributed by atoms with E-state index in [1.807, 2.05) is 7.05 Å². The Morgan fingerprint density at radius 3 is 2.79 bits per heavy atom. The number of hydrogen-bond donors (Lipinski definition) is 3. The van der Waals surface area contributed by atoms with E-state index in [0.29, 0.717) is 22.3 Å². The fourth-order valence-corrected chi connectivity index (χ4v) is 5.27. The number of hydrogen-bond acceptors (Lipinski definition) is 7. The van der Waals surface area contributed by atoms with Crippen LogP contribution in [0.4, 0.5) is 16.5 Å². The maximum absolute atomic E-state index is 12.9. The predicted molar refractivity (Wildman–Crippen MR) is 113 cm³/mol. The Labute approximate surface area is 169 Å². The van der Waals surface area contributed by atoms with E-state index in [4.69, 9.17) is 11.5 Å².